The average molecular weight is 350 g/mol. The zero-order valence-corrected chi connectivity index (χ0v) is 10.7. The molecule has 0 aliphatic rings. The van der Waals surface area contributed by atoms with E-state index < -0.39 is 41.2 Å². The number of carbonyl (C=O) groups excluding carboxylic acids is 1. The van der Waals surface area contributed by atoms with Crippen LogP contribution in [0, 0.1) is 0 Å². The first kappa shape index (κ1) is 18.4. The van der Waals surface area contributed by atoms with E-state index in [2.05, 4.69) is 25.6 Å². The number of hydrogen-bond acceptors (Lipinski definition) is 7. The molecule has 15 heteroatoms. The Labute approximate surface area is 121 Å². The van der Waals surface area contributed by atoms with Gasteiger partial charge in [-0.2, -0.15) is 35.9 Å². The molecule has 0 atom stereocenters. The molecule has 0 unspecified atom stereocenters. The largest absolute Gasteiger partial charge is 0.504 e. The Kier molecular flexibility index (Phi) is 4.72. The number of allylic oxidation sites excluding steroid dienone is 2. The number of ketones is 1. The van der Waals surface area contributed by atoms with E-state index in [4.69, 9.17) is 5.11 Å². The predicted molar refractivity (Wildman–Crippen MR) is 55.0 cm³/mol. The molecule has 23 heavy (non-hydrogen) atoms. The topological polar surface area (TPSA) is 116 Å². The van der Waals surface area contributed by atoms with Gasteiger partial charge in [-0.15, -0.1) is 15.3 Å². The highest BCUT2D eigenvalue weighted by Gasteiger charge is 2.75. The minimum Gasteiger partial charge on any atom is -0.504 e. The Balaban J connectivity index is 3.38. The first-order chi connectivity index (χ1) is 10.3. The van der Waals surface area contributed by atoms with Crippen LogP contribution in [0.4, 0.5) is 36.7 Å². The summed E-state index contributed by atoms with van der Waals surface area (Å²) < 4.78 is 88.3. The van der Waals surface area contributed by atoms with Crippen molar-refractivity contribution < 1.29 is 40.6 Å². The van der Waals surface area contributed by atoms with Gasteiger partial charge in [0.25, 0.3) is 0 Å². The molecule has 2 N–H and O–H groups in total. The highest BCUT2D eigenvalue weighted by atomic mass is 19.4. The summed E-state index contributed by atoms with van der Waals surface area (Å²) in [6.45, 7) is 0.475. The Hall–Kier alpha value is -2.61. The van der Waals surface area contributed by atoms with Crippen molar-refractivity contribution in [3.8, 4) is 0 Å². The first-order valence-corrected chi connectivity index (χ1v) is 5.24. The number of nitrogens with one attached hydrogen (secondary N) is 1. The molecule has 0 saturated carbocycles. The highest BCUT2D eigenvalue weighted by molar-refractivity contribution is 5.93. The third-order valence-electron chi connectivity index (χ3n) is 2.18. The van der Waals surface area contributed by atoms with E-state index in [9.17, 15) is 35.5 Å². The number of aromatic amines is 1. The summed E-state index contributed by atoms with van der Waals surface area (Å²) >= 11 is 0. The van der Waals surface area contributed by atoms with E-state index >= 15 is 0 Å². The van der Waals surface area contributed by atoms with Crippen LogP contribution in [0.1, 0.15) is 6.92 Å². The van der Waals surface area contributed by atoms with Crippen molar-refractivity contribution in [3.63, 3.8) is 0 Å². The van der Waals surface area contributed by atoms with Crippen molar-refractivity contribution in [3.05, 3.63) is 11.5 Å². The fourth-order valence-electron chi connectivity index (χ4n) is 1.05. The third kappa shape index (κ3) is 3.42. The van der Waals surface area contributed by atoms with Crippen LogP contribution in [-0.4, -0.2) is 49.5 Å². The second kappa shape index (κ2) is 5.88. The van der Waals surface area contributed by atoms with Crippen molar-refractivity contribution in [2.75, 3.05) is 0 Å². The fraction of sp³-hybridized carbons (Fsp3) is 0.500. The molecule has 1 heterocycles. The van der Waals surface area contributed by atoms with E-state index in [1.807, 2.05) is 5.21 Å². The quantitative estimate of drug-likeness (QED) is 0.366. The molecule has 1 aromatic heterocycles. The molecule has 0 amide bonds. The fourth-order valence-corrected chi connectivity index (χ4v) is 1.05. The number of H-pyrrole nitrogens is 1. The Morgan fingerprint density at radius 3 is 2.13 bits per heavy atom. The zero-order chi connectivity index (χ0) is 18.1. The van der Waals surface area contributed by atoms with Gasteiger partial charge in [-0.3, -0.25) is 4.79 Å². The number of carbonyl (C=O) groups is 1. The smallest absolute Gasteiger partial charge is 0.460 e. The van der Waals surface area contributed by atoms with E-state index in [0.717, 1.165) is 0 Å². The number of tetrazole rings is 1. The number of hydrogen-bond donors (Lipinski definition) is 2. The molecule has 0 bridgehead atoms. The third-order valence-corrected chi connectivity index (χ3v) is 2.18. The minimum atomic E-state index is -6.70. The Morgan fingerprint density at radius 2 is 1.74 bits per heavy atom. The van der Waals surface area contributed by atoms with Crippen LogP contribution < -0.4 is 0 Å². The van der Waals surface area contributed by atoms with Gasteiger partial charge in [0.1, 0.15) is 0 Å². The number of nitrogens with zero attached hydrogens (tertiary/aromatic N) is 5. The molecule has 0 spiro atoms. The van der Waals surface area contributed by atoms with E-state index in [-0.39, 0.29) is 0 Å². The van der Waals surface area contributed by atoms with Crippen LogP contribution in [0.2, 0.25) is 0 Å². The molecule has 0 aliphatic carbocycles. The van der Waals surface area contributed by atoms with Crippen LogP contribution in [0.15, 0.2) is 21.7 Å². The second-order valence-corrected chi connectivity index (χ2v) is 3.81. The number of aromatic nitrogens is 4. The maximum absolute atomic E-state index is 13.3. The monoisotopic (exact) mass is 350 g/mol. The zero-order valence-electron chi connectivity index (χ0n) is 10.7. The van der Waals surface area contributed by atoms with Crippen molar-refractivity contribution in [1.29, 1.82) is 0 Å². The predicted octanol–water partition coefficient (Wildman–Crippen LogP) is 2.47. The SMILES string of the molecule is CC(=O)/C(N=Nc1nn[nH]n1)=C(/O)C(F)(F)C(F)(F)C(F)(F)F. The van der Waals surface area contributed by atoms with Gasteiger partial charge >= 0.3 is 24.0 Å². The molecule has 1 aromatic rings. The lowest BCUT2D eigenvalue weighted by molar-refractivity contribution is -0.349. The minimum absolute atomic E-state index is 0.475. The standard InChI is InChI=1S/C8H5F7N6O2/c1-2(22)3(16-17-5-18-20-21-19-5)4(23)6(9,10)7(11,12)8(13,14)15/h23H,1H3,(H,18,19,20,21)/b4-3-,17-16?. The molecular formula is C8H5F7N6O2. The molecular weight excluding hydrogens is 345 g/mol. The average Bonchev–Trinajstić information content (AvgIpc) is 2.89. The number of aliphatic hydroxyl groups excluding tert-OH is 1. The van der Waals surface area contributed by atoms with Gasteiger partial charge < -0.3 is 5.11 Å². The van der Waals surface area contributed by atoms with Crippen molar-refractivity contribution in [2.24, 2.45) is 10.2 Å². The first-order valence-electron chi connectivity index (χ1n) is 5.24. The normalized spacial score (nSPS) is 15.0. The van der Waals surface area contributed by atoms with E-state index in [1.165, 1.54) is 0 Å². The van der Waals surface area contributed by atoms with Crippen molar-refractivity contribution in [2.45, 2.75) is 24.9 Å². The summed E-state index contributed by atoms with van der Waals surface area (Å²) in [5.41, 5.74) is -1.83. The molecule has 0 radical (unpaired) electrons. The lowest BCUT2D eigenvalue weighted by Crippen LogP contribution is -2.53. The number of halogens is 7. The van der Waals surface area contributed by atoms with Crippen molar-refractivity contribution in [1.82, 2.24) is 20.6 Å². The lowest BCUT2D eigenvalue weighted by Gasteiger charge is -2.27. The van der Waals surface area contributed by atoms with E-state index in [0.29, 0.717) is 6.92 Å². The van der Waals surface area contributed by atoms with Gasteiger partial charge in [-0.25, -0.2) is 0 Å². The van der Waals surface area contributed by atoms with Crippen molar-refractivity contribution >= 4 is 11.7 Å². The Bertz CT molecular complexity index is 636. The Morgan fingerprint density at radius 1 is 1.17 bits per heavy atom. The molecule has 0 saturated heterocycles. The number of aliphatic hydroxyl groups is 1. The summed E-state index contributed by atoms with van der Waals surface area (Å²) in [6, 6.07) is 0. The summed E-state index contributed by atoms with van der Waals surface area (Å²) in [6.07, 6.45) is -6.70. The van der Waals surface area contributed by atoms with Gasteiger partial charge in [0.05, 0.1) is 0 Å². The summed E-state index contributed by atoms with van der Waals surface area (Å²) in [4.78, 5) is 11.1. The van der Waals surface area contributed by atoms with Gasteiger partial charge in [-0.05, 0) is 5.21 Å². The van der Waals surface area contributed by atoms with Gasteiger partial charge in [0, 0.05) is 6.92 Å². The molecule has 128 valence electrons. The van der Waals surface area contributed by atoms with Crippen LogP contribution in [0.5, 0.6) is 0 Å². The van der Waals surface area contributed by atoms with Crippen LogP contribution in [-0.2, 0) is 4.79 Å². The van der Waals surface area contributed by atoms with Crippen LogP contribution >= 0.6 is 0 Å². The summed E-state index contributed by atoms with van der Waals surface area (Å²) in [7, 11) is 0. The number of rotatable bonds is 5. The van der Waals surface area contributed by atoms with E-state index in [1.54, 1.807) is 0 Å². The molecule has 8 nitrogen and oxygen atoms in total. The molecule has 1 rings (SSSR count). The summed E-state index contributed by atoms with van der Waals surface area (Å²) in [5.74, 6) is -18.0. The van der Waals surface area contributed by atoms with Gasteiger partial charge in [0.2, 0.25) is 5.76 Å². The van der Waals surface area contributed by atoms with Crippen LogP contribution in [0.3, 0.4) is 0 Å². The van der Waals surface area contributed by atoms with Gasteiger partial charge in [-0.1, -0.05) is 5.10 Å². The number of alkyl halides is 7. The highest BCUT2D eigenvalue weighted by Crippen LogP contribution is 2.49. The molecule has 0 aliphatic heterocycles. The maximum atomic E-state index is 13.3. The summed E-state index contributed by atoms with van der Waals surface area (Å²) in [5, 5.41) is 25.6. The second-order valence-electron chi connectivity index (χ2n) is 3.81. The lowest BCUT2D eigenvalue weighted by atomic mass is 10.1. The number of Topliss-reactive ketones (excluding diaryl/α,β-unsaturated/α-hetero) is 1. The number of azo groups is 1. The maximum Gasteiger partial charge on any atom is 0.460 e. The molecule has 0 aromatic carbocycles. The van der Waals surface area contributed by atoms with Gasteiger partial charge in [0.15, 0.2) is 11.5 Å². The molecule has 0 fully saturated rings. The van der Waals surface area contributed by atoms with Crippen LogP contribution in [0.25, 0.3) is 0 Å².